The van der Waals surface area contributed by atoms with Crippen molar-refractivity contribution in [2.45, 2.75) is 75.9 Å². The van der Waals surface area contributed by atoms with Crippen LogP contribution in [0.2, 0.25) is 0 Å². The number of fused-ring (bicyclic) bond motifs is 1. The monoisotopic (exact) mass is 265 g/mol. The SMILES string of the molecule is CCCC1CCCCN1C1(CN)CCN2CCCC21. The lowest BCUT2D eigenvalue weighted by Crippen LogP contribution is -2.64. The molecule has 0 amide bonds. The highest BCUT2D eigenvalue weighted by Gasteiger charge is 2.53. The van der Waals surface area contributed by atoms with Crippen LogP contribution in [0.4, 0.5) is 0 Å². The molecule has 3 heterocycles. The summed E-state index contributed by atoms with van der Waals surface area (Å²) in [5.74, 6) is 0. The predicted molar refractivity (Wildman–Crippen MR) is 80.3 cm³/mol. The standard InChI is InChI=1S/C16H31N3/c1-2-6-14-7-3-4-11-19(14)16(13-17)9-12-18-10-5-8-15(16)18/h14-15H,2-13,17H2,1H3. The van der Waals surface area contributed by atoms with E-state index < -0.39 is 0 Å². The molecule has 110 valence electrons. The summed E-state index contributed by atoms with van der Waals surface area (Å²) in [6, 6.07) is 1.57. The molecule has 3 heteroatoms. The van der Waals surface area contributed by atoms with Gasteiger partial charge in [0.15, 0.2) is 0 Å². The van der Waals surface area contributed by atoms with Crippen molar-refractivity contribution >= 4 is 0 Å². The average Bonchev–Trinajstić information content (AvgIpc) is 3.02. The summed E-state index contributed by atoms with van der Waals surface area (Å²) >= 11 is 0. The van der Waals surface area contributed by atoms with Crippen molar-refractivity contribution < 1.29 is 0 Å². The third-order valence-electron chi connectivity index (χ3n) is 5.99. The van der Waals surface area contributed by atoms with Gasteiger partial charge in [0.1, 0.15) is 0 Å². The summed E-state index contributed by atoms with van der Waals surface area (Å²) in [7, 11) is 0. The maximum absolute atomic E-state index is 6.35. The van der Waals surface area contributed by atoms with Gasteiger partial charge in [-0.2, -0.15) is 0 Å². The maximum Gasteiger partial charge on any atom is 0.0501 e. The highest BCUT2D eigenvalue weighted by molar-refractivity contribution is 5.11. The van der Waals surface area contributed by atoms with Gasteiger partial charge in [-0.05, 0) is 51.6 Å². The summed E-state index contributed by atoms with van der Waals surface area (Å²) in [5, 5.41) is 0. The molecule has 3 unspecified atom stereocenters. The van der Waals surface area contributed by atoms with E-state index in [1.165, 1.54) is 71.0 Å². The van der Waals surface area contributed by atoms with E-state index in [-0.39, 0.29) is 0 Å². The van der Waals surface area contributed by atoms with Crippen molar-refractivity contribution in [3.63, 3.8) is 0 Å². The minimum absolute atomic E-state index is 0.316. The second-order valence-corrected chi connectivity index (χ2v) is 6.88. The van der Waals surface area contributed by atoms with Crippen molar-refractivity contribution in [2.75, 3.05) is 26.2 Å². The number of nitrogens with zero attached hydrogens (tertiary/aromatic N) is 2. The third kappa shape index (κ3) is 2.24. The fraction of sp³-hybridized carbons (Fsp3) is 1.00. The molecule has 3 aliphatic rings. The van der Waals surface area contributed by atoms with E-state index in [1.54, 1.807) is 0 Å². The molecule has 2 N–H and O–H groups in total. The van der Waals surface area contributed by atoms with Crippen LogP contribution < -0.4 is 5.73 Å². The van der Waals surface area contributed by atoms with Gasteiger partial charge < -0.3 is 5.73 Å². The normalized spacial score (nSPS) is 40.7. The van der Waals surface area contributed by atoms with Crippen LogP contribution in [-0.2, 0) is 0 Å². The second kappa shape index (κ2) is 5.71. The Morgan fingerprint density at radius 2 is 2.00 bits per heavy atom. The Morgan fingerprint density at radius 3 is 2.79 bits per heavy atom. The Labute approximate surface area is 118 Å². The summed E-state index contributed by atoms with van der Waals surface area (Å²) in [4.78, 5) is 5.60. The molecule has 0 radical (unpaired) electrons. The van der Waals surface area contributed by atoms with Gasteiger partial charge in [-0.15, -0.1) is 0 Å². The van der Waals surface area contributed by atoms with Gasteiger partial charge in [0.05, 0.1) is 5.54 Å². The Morgan fingerprint density at radius 1 is 1.11 bits per heavy atom. The van der Waals surface area contributed by atoms with Crippen LogP contribution in [-0.4, -0.2) is 53.6 Å². The Hall–Kier alpha value is -0.120. The lowest BCUT2D eigenvalue weighted by atomic mass is 9.82. The van der Waals surface area contributed by atoms with Crippen molar-refractivity contribution in [1.82, 2.24) is 9.80 Å². The third-order valence-corrected chi connectivity index (χ3v) is 5.99. The minimum Gasteiger partial charge on any atom is -0.329 e. The first-order valence-corrected chi connectivity index (χ1v) is 8.52. The molecule has 3 nitrogen and oxygen atoms in total. The molecule has 0 aliphatic carbocycles. The van der Waals surface area contributed by atoms with Gasteiger partial charge in [-0.3, -0.25) is 9.80 Å². The number of likely N-dealkylation sites (tertiary alicyclic amines) is 1. The van der Waals surface area contributed by atoms with Crippen LogP contribution >= 0.6 is 0 Å². The first-order chi connectivity index (χ1) is 9.31. The summed E-state index contributed by atoms with van der Waals surface area (Å²) in [5.41, 5.74) is 6.66. The zero-order valence-corrected chi connectivity index (χ0v) is 12.6. The molecule has 0 aromatic carbocycles. The zero-order valence-electron chi connectivity index (χ0n) is 12.6. The van der Waals surface area contributed by atoms with E-state index >= 15 is 0 Å². The van der Waals surface area contributed by atoms with Gasteiger partial charge >= 0.3 is 0 Å². The van der Waals surface area contributed by atoms with Crippen LogP contribution in [0, 0.1) is 0 Å². The number of nitrogens with two attached hydrogens (primary N) is 1. The van der Waals surface area contributed by atoms with Crippen LogP contribution in [0.3, 0.4) is 0 Å². The number of hydrogen-bond acceptors (Lipinski definition) is 3. The molecule has 3 fully saturated rings. The Balaban J connectivity index is 1.83. The number of piperidine rings is 1. The zero-order chi connectivity index (χ0) is 13.3. The van der Waals surface area contributed by atoms with E-state index in [0.717, 1.165) is 18.6 Å². The topological polar surface area (TPSA) is 32.5 Å². The number of rotatable bonds is 4. The van der Waals surface area contributed by atoms with Gasteiger partial charge in [0, 0.05) is 25.2 Å². The first kappa shape index (κ1) is 13.8. The molecule has 3 aliphatic heterocycles. The van der Waals surface area contributed by atoms with Gasteiger partial charge in [-0.1, -0.05) is 19.8 Å². The molecule has 0 aromatic rings. The van der Waals surface area contributed by atoms with E-state index in [0.29, 0.717) is 5.54 Å². The van der Waals surface area contributed by atoms with Crippen molar-refractivity contribution in [2.24, 2.45) is 5.73 Å². The molecule has 0 spiro atoms. The lowest BCUT2D eigenvalue weighted by Gasteiger charge is -2.50. The quantitative estimate of drug-likeness (QED) is 0.846. The molecule has 0 bridgehead atoms. The van der Waals surface area contributed by atoms with Crippen LogP contribution in [0.25, 0.3) is 0 Å². The summed E-state index contributed by atoms with van der Waals surface area (Å²) < 4.78 is 0. The van der Waals surface area contributed by atoms with Gasteiger partial charge in [0.25, 0.3) is 0 Å². The minimum atomic E-state index is 0.316. The fourth-order valence-corrected chi connectivity index (χ4v) is 5.12. The molecule has 3 saturated heterocycles. The van der Waals surface area contributed by atoms with Crippen LogP contribution in [0.15, 0.2) is 0 Å². The molecule has 19 heavy (non-hydrogen) atoms. The largest absolute Gasteiger partial charge is 0.329 e. The van der Waals surface area contributed by atoms with E-state index in [9.17, 15) is 0 Å². The molecule has 0 aromatic heterocycles. The van der Waals surface area contributed by atoms with Crippen molar-refractivity contribution in [1.29, 1.82) is 0 Å². The van der Waals surface area contributed by atoms with E-state index in [1.807, 2.05) is 0 Å². The number of hydrogen-bond donors (Lipinski definition) is 1. The fourth-order valence-electron chi connectivity index (χ4n) is 5.12. The summed E-state index contributed by atoms with van der Waals surface area (Å²) in [6.45, 7) is 7.11. The smallest absolute Gasteiger partial charge is 0.0501 e. The van der Waals surface area contributed by atoms with Gasteiger partial charge in [-0.25, -0.2) is 0 Å². The van der Waals surface area contributed by atoms with E-state index in [2.05, 4.69) is 16.7 Å². The first-order valence-electron chi connectivity index (χ1n) is 8.52. The van der Waals surface area contributed by atoms with Gasteiger partial charge in [0.2, 0.25) is 0 Å². The molecule has 3 rings (SSSR count). The Kier molecular flexibility index (Phi) is 4.16. The Bertz CT molecular complexity index is 304. The highest BCUT2D eigenvalue weighted by Crippen LogP contribution is 2.42. The molecular formula is C16H31N3. The van der Waals surface area contributed by atoms with Crippen LogP contribution in [0.1, 0.15) is 58.3 Å². The lowest BCUT2D eigenvalue weighted by molar-refractivity contribution is 0.000630. The van der Waals surface area contributed by atoms with Crippen LogP contribution in [0.5, 0.6) is 0 Å². The molecule has 3 atom stereocenters. The van der Waals surface area contributed by atoms with Crippen molar-refractivity contribution in [3.05, 3.63) is 0 Å². The predicted octanol–water partition coefficient (Wildman–Crippen LogP) is 2.21. The average molecular weight is 265 g/mol. The highest BCUT2D eigenvalue weighted by atomic mass is 15.3. The molecular weight excluding hydrogens is 234 g/mol. The van der Waals surface area contributed by atoms with E-state index in [4.69, 9.17) is 5.73 Å². The van der Waals surface area contributed by atoms with Crippen molar-refractivity contribution in [3.8, 4) is 0 Å². The maximum atomic E-state index is 6.35. The molecule has 0 saturated carbocycles. The second-order valence-electron chi connectivity index (χ2n) is 6.88. The summed E-state index contributed by atoms with van der Waals surface area (Å²) in [6.07, 6.45) is 11.0.